The Morgan fingerprint density at radius 1 is 1.41 bits per heavy atom. The van der Waals surface area contributed by atoms with Gasteiger partial charge in [0.25, 0.3) is 0 Å². The molecule has 0 saturated carbocycles. The summed E-state index contributed by atoms with van der Waals surface area (Å²) in [7, 11) is -0.720. The van der Waals surface area contributed by atoms with E-state index >= 15 is 0 Å². The largest absolute Gasteiger partial charge is 0.354 e. The summed E-state index contributed by atoms with van der Waals surface area (Å²) >= 11 is 0. The van der Waals surface area contributed by atoms with Crippen molar-refractivity contribution < 1.29 is 4.21 Å². The van der Waals surface area contributed by atoms with Crippen LogP contribution in [0, 0.1) is 6.92 Å². The van der Waals surface area contributed by atoms with Crippen molar-refractivity contribution in [3.63, 3.8) is 0 Å². The third kappa shape index (κ3) is 5.26. The number of hydrogen-bond donors (Lipinski definition) is 1. The van der Waals surface area contributed by atoms with E-state index in [4.69, 9.17) is 0 Å². The van der Waals surface area contributed by atoms with E-state index < -0.39 is 10.8 Å². The fourth-order valence-electron chi connectivity index (χ4n) is 1.44. The molecule has 0 fully saturated rings. The van der Waals surface area contributed by atoms with Gasteiger partial charge in [0.05, 0.1) is 0 Å². The number of rotatable bonds is 6. The van der Waals surface area contributed by atoms with Crippen LogP contribution < -0.4 is 5.32 Å². The Balaban J connectivity index is 2.55. The van der Waals surface area contributed by atoms with Crippen LogP contribution in [0.25, 0.3) is 0 Å². The monoisotopic (exact) mass is 255 g/mol. The molecule has 0 bridgehead atoms. The summed E-state index contributed by atoms with van der Waals surface area (Å²) in [5, 5.41) is 3.18. The first-order valence-corrected chi connectivity index (χ1v) is 7.61. The van der Waals surface area contributed by atoms with E-state index in [0.29, 0.717) is 11.9 Å². The summed E-state index contributed by atoms with van der Waals surface area (Å²) in [6.07, 6.45) is 2.59. The van der Waals surface area contributed by atoms with Crippen molar-refractivity contribution in [1.82, 2.24) is 9.97 Å². The molecular formula is C12H21N3OS. The topological polar surface area (TPSA) is 54.9 Å². The van der Waals surface area contributed by atoms with Crippen molar-refractivity contribution in [2.75, 3.05) is 23.9 Å². The molecule has 17 heavy (non-hydrogen) atoms. The van der Waals surface area contributed by atoms with Crippen molar-refractivity contribution >= 4 is 16.7 Å². The summed E-state index contributed by atoms with van der Waals surface area (Å²) in [4.78, 5) is 8.79. The van der Waals surface area contributed by atoms with E-state index in [2.05, 4.69) is 29.1 Å². The van der Waals surface area contributed by atoms with Crippen LogP contribution in [0.15, 0.2) is 6.07 Å². The van der Waals surface area contributed by atoms with E-state index in [1.807, 2.05) is 13.0 Å². The van der Waals surface area contributed by atoms with Crippen molar-refractivity contribution in [3.05, 3.63) is 17.5 Å². The predicted molar refractivity (Wildman–Crippen MR) is 72.9 cm³/mol. The second kappa shape index (κ2) is 6.69. The second-order valence-corrected chi connectivity index (χ2v) is 6.02. The zero-order valence-corrected chi connectivity index (χ0v) is 11.8. The maximum absolute atomic E-state index is 10.9. The van der Waals surface area contributed by atoms with Gasteiger partial charge in [-0.25, -0.2) is 9.97 Å². The van der Waals surface area contributed by atoms with Crippen LogP contribution in [0.1, 0.15) is 37.6 Å². The van der Waals surface area contributed by atoms with Crippen LogP contribution >= 0.6 is 0 Å². The number of aryl methyl sites for hydroxylation is 1. The molecule has 1 rings (SSSR count). The summed E-state index contributed by atoms with van der Waals surface area (Å²) in [5.74, 6) is 1.80. The number of nitrogens with zero attached hydrogens (tertiary/aromatic N) is 2. The molecule has 0 aliphatic rings. The summed E-state index contributed by atoms with van der Waals surface area (Å²) in [5.41, 5.74) is 2.03. The Kier molecular flexibility index (Phi) is 5.55. The van der Waals surface area contributed by atoms with Gasteiger partial charge >= 0.3 is 0 Å². The maximum Gasteiger partial charge on any atom is 0.223 e. The molecule has 0 spiro atoms. The first-order valence-electron chi connectivity index (χ1n) is 5.88. The zero-order valence-electron chi connectivity index (χ0n) is 11.0. The molecule has 0 amide bonds. The highest BCUT2D eigenvalue weighted by Crippen LogP contribution is 2.14. The third-order valence-corrected chi connectivity index (χ3v) is 3.22. The quantitative estimate of drug-likeness (QED) is 0.791. The highest BCUT2D eigenvalue weighted by atomic mass is 32.2. The maximum atomic E-state index is 10.9. The summed E-state index contributed by atoms with van der Waals surface area (Å²) < 4.78 is 10.9. The summed E-state index contributed by atoms with van der Waals surface area (Å²) in [6.45, 7) is 6.97. The number of hydrogen-bond acceptors (Lipinski definition) is 4. The minimum atomic E-state index is -0.720. The normalized spacial score (nSPS) is 12.8. The first-order chi connectivity index (χ1) is 7.99. The van der Waals surface area contributed by atoms with Gasteiger partial charge in [-0.3, -0.25) is 4.21 Å². The van der Waals surface area contributed by atoms with E-state index in [0.717, 1.165) is 30.1 Å². The lowest BCUT2D eigenvalue weighted by molar-refractivity contribution is 0.685. The molecule has 96 valence electrons. The molecule has 1 atom stereocenters. The number of anilines is 1. The van der Waals surface area contributed by atoms with E-state index in [9.17, 15) is 4.21 Å². The number of nitrogens with one attached hydrogen (secondary N) is 1. The van der Waals surface area contributed by atoms with Gasteiger partial charge in [-0.05, 0) is 25.3 Å². The van der Waals surface area contributed by atoms with Crippen molar-refractivity contribution in [3.8, 4) is 0 Å². The Labute approximate surface area is 106 Å². The van der Waals surface area contributed by atoms with Gasteiger partial charge in [0, 0.05) is 40.7 Å². The van der Waals surface area contributed by atoms with E-state index in [1.165, 1.54) is 0 Å². The molecule has 5 heteroatoms. The Hall–Kier alpha value is -0.970. The van der Waals surface area contributed by atoms with Crippen LogP contribution in [0.2, 0.25) is 0 Å². The van der Waals surface area contributed by atoms with Crippen molar-refractivity contribution in [2.24, 2.45) is 0 Å². The smallest absolute Gasteiger partial charge is 0.223 e. The van der Waals surface area contributed by atoms with Crippen LogP contribution in [-0.2, 0) is 10.8 Å². The molecular weight excluding hydrogens is 234 g/mol. The average molecular weight is 255 g/mol. The Morgan fingerprint density at radius 2 is 2.12 bits per heavy atom. The van der Waals surface area contributed by atoms with Crippen LogP contribution in [0.3, 0.4) is 0 Å². The fraction of sp³-hybridized carbons (Fsp3) is 0.667. The SMILES string of the molecule is Cc1cc(C(C)C)nc(NCCCS(C)=O)n1. The minimum absolute atomic E-state index is 0.403. The van der Waals surface area contributed by atoms with E-state index in [-0.39, 0.29) is 0 Å². The molecule has 1 N–H and O–H groups in total. The molecule has 0 saturated heterocycles. The highest BCUT2D eigenvalue weighted by molar-refractivity contribution is 7.84. The second-order valence-electron chi connectivity index (χ2n) is 4.47. The molecule has 0 aliphatic carbocycles. The van der Waals surface area contributed by atoms with Gasteiger partial charge in [0.1, 0.15) is 0 Å². The first kappa shape index (κ1) is 14.1. The van der Waals surface area contributed by atoms with Gasteiger partial charge in [-0.15, -0.1) is 0 Å². The van der Waals surface area contributed by atoms with Gasteiger partial charge in [-0.1, -0.05) is 13.8 Å². The van der Waals surface area contributed by atoms with Gasteiger partial charge in [0.15, 0.2) is 0 Å². The molecule has 0 radical (unpaired) electrons. The standard InChI is InChI=1S/C12H21N3OS/c1-9(2)11-8-10(3)14-12(15-11)13-6-5-7-17(4)16/h8-9H,5-7H2,1-4H3,(H,13,14,15). The van der Waals surface area contributed by atoms with Crippen molar-refractivity contribution in [2.45, 2.75) is 33.1 Å². The van der Waals surface area contributed by atoms with Crippen LogP contribution in [0.5, 0.6) is 0 Å². The van der Waals surface area contributed by atoms with Gasteiger partial charge < -0.3 is 5.32 Å². The molecule has 1 aromatic heterocycles. The lowest BCUT2D eigenvalue weighted by Gasteiger charge is -2.09. The molecule has 0 aliphatic heterocycles. The summed E-state index contributed by atoms with van der Waals surface area (Å²) in [6, 6.07) is 2.01. The van der Waals surface area contributed by atoms with Crippen molar-refractivity contribution in [1.29, 1.82) is 0 Å². The third-order valence-electron chi connectivity index (χ3n) is 2.36. The lowest BCUT2D eigenvalue weighted by Crippen LogP contribution is -2.10. The van der Waals surface area contributed by atoms with Gasteiger partial charge in [0.2, 0.25) is 5.95 Å². The molecule has 1 heterocycles. The number of aromatic nitrogens is 2. The molecule has 4 nitrogen and oxygen atoms in total. The predicted octanol–water partition coefficient (Wildman–Crippen LogP) is 2.09. The fourth-order valence-corrected chi connectivity index (χ4v) is 1.99. The van der Waals surface area contributed by atoms with Crippen LogP contribution in [0.4, 0.5) is 5.95 Å². The molecule has 1 aromatic rings. The Bertz CT molecular complexity index is 393. The molecule has 1 unspecified atom stereocenters. The van der Waals surface area contributed by atoms with Crippen LogP contribution in [-0.4, -0.2) is 32.7 Å². The van der Waals surface area contributed by atoms with Gasteiger partial charge in [-0.2, -0.15) is 0 Å². The highest BCUT2D eigenvalue weighted by Gasteiger charge is 2.05. The van der Waals surface area contributed by atoms with E-state index in [1.54, 1.807) is 6.26 Å². The average Bonchev–Trinajstić information content (AvgIpc) is 2.23. The lowest BCUT2D eigenvalue weighted by atomic mass is 10.1. The minimum Gasteiger partial charge on any atom is -0.354 e. The Morgan fingerprint density at radius 3 is 2.71 bits per heavy atom. The molecule has 0 aromatic carbocycles. The zero-order chi connectivity index (χ0) is 12.8.